The first kappa shape index (κ1) is 48.6. The monoisotopic (exact) mass is 912 g/mol. The average molecular weight is 913 g/mol. The summed E-state index contributed by atoms with van der Waals surface area (Å²) in [6.45, 7) is 8.05. The minimum atomic E-state index is 0.300. The first-order valence-corrected chi connectivity index (χ1v) is 23.5. The summed E-state index contributed by atoms with van der Waals surface area (Å²) in [5.74, 6) is 0.600. The Morgan fingerprint density at radius 1 is 0.387 bits per heavy atom. The van der Waals surface area contributed by atoms with E-state index in [0.717, 1.165) is 100 Å². The van der Waals surface area contributed by atoms with Crippen LogP contribution in [0.4, 0.5) is 0 Å². The van der Waals surface area contributed by atoms with E-state index in [1.165, 1.54) is 11.1 Å². The van der Waals surface area contributed by atoms with Crippen LogP contribution in [0, 0.1) is 11.8 Å². The molecule has 5 rings (SSSR count). The number of nitrogens with one attached hydrogen (secondary N) is 8. The fraction of sp³-hybridized carbons (Fsp3) is 0.417. The summed E-state index contributed by atoms with van der Waals surface area (Å²) in [7, 11) is 0. The Morgan fingerprint density at radius 2 is 0.710 bits per heavy atom. The van der Waals surface area contributed by atoms with E-state index < -0.39 is 0 Å². The third-order valence-corrected chi connectivity index (χ3v) is 11.7. The van der Waals surface area contributed by atoms with Crippen LogP contribution < -0.4 is 42.5 Å². The number of hydrogen-bond acceptors (Lipinski definition) is 6. The Kier molecular flexibility index (Phi) is 22.7. The second kappa shape index (κ2) is 29.0. The van der Waals surface area contributed by atoms with Crippen molar-refractivity contribution in [1.82, 2.24) is 42.5 Å². The zero-order valence-electron chi connectivity index (χ0n) is 35.7. The molecule has 4 bridgehead atoms. The molecule has 62 heavy (non-hydrogen) atoms. The van der Waals surface area contributed by atoms with Crippen LogP contribution in [-0.4, -0.2) is 59.8 Å². The highest BCUT2D eigenvalue weighted by Gasteiger charge is 2.13. The molecule has 0 unspecified atom stereocenters. The molecule has 0 saturated heterocycles. The fourth-order valence-electron chi connectivity index (χ4n) is 6.98. The van der Waals surface area contributed by atoms with Crippen molar-refractivity contribution in [3.05, 3.63) is 143 Å². The van der Waals surface area contributed by atoms with Crippen molar-refractivity contribution in [3.63, 3.8) is 0 Å². The molecule has 0 amide bonds. The van der Waals surface area contributed by atoms with Gasteiger partial charge in [0.25, 0.3) is 0 Å². The van der Waals surface area contributed by atoms with Gasteiger partial charge in [0.1, 0.15) is 0 Å². The van der Waals surface area contributed by atoms with Gasteiger partial charge in [0.15, 0.2) is 20.4 Å². The maximum Gasteiger partial charge on any atom is 0.166 e. The molecule has 1 aliphatic heterocycles. The van der Waals surface area contributed by atoms with Crippen LogP contribution in [0.15, 0.2) is 109 Å². The SMILES string of the molecule is S=C1NCc2cccc(c2)CNC(=S)NCC(CCCCOCc2ccccc2)CNC(=S)NCc2cccc(c2)CNC(=S)NCC(CCCCOCc2ccccc2)CN1. The second-order valence-electron chi connectivity index (χ2n) is 15.7. The standard InChI is InChI=1S/C48H64N8O2S4/c59-45-49-27-39-19-11-21-41(25-39)29-51-47(61)55-33-44(18-8-10-24-58-36-38-15-5-2-6-16-38)34-56-48(62)52-30-42-22-12-20-40(26-42)28-50-46(60)54-32-43(31-53-45)17-7-9-23-57-35-37-13-3-1-4-14-37/h1-6,11-16,19-22,25-26,43-44H,7-10,17-18,23-24,27-36H2,(H2,49,53,59)(H2,50,54,60)(H2,51,55,61)(H2,52,56,62). The van der Waals surface area contributed by atoms with Crippen LogP contribution in [0.1, 0.15) is 71.9 Å². The molecule has 8 N–H and O–H groups in total. The van der Waals surface area contributed by atoms with Crippen molar-refractivity contribution in [2.75, 3.05) is 39.4 Å². The van der Waals surface area contributed by atoms with E-state index in [1.54, 1.807) is 0 Å². The van der Waals surface area contributed by atoms with E-state index in [4.69, 9.17) is 58.3 Å². The summed E-state index contributed by atoms with van der Waals surface area (Å²) in [4.78, 5) is 0. The number of rotatable bonds is 14. The Morgan fingerprint density at radius 3 is 1.03 bits per heavy atom. The van der Waals surface area contributed by atoms with Crippen LogP contribution in [0.5, 0.6) is 0 Å². The second-order valence-corrected chi connectivity index (χ2v) is 17.3. The van der Waals surface area contributed by atoms with Gasteiger partial charge in [-0.05, 0) is 120 Å². The molecule has 4 aromatic carbocycles. The van der Waals surface area contributed by atoms with Gasteiger partial charge in [-0.25, -0.2) is 0 Å². The van der Waals surface area contributed by atoms with E-state index in [9.17, 15) is 0 Å². The van der Waals surface area contributed by atoms with Gasteiger partial charge in [0, 0.05) is 65.6 Å². The van der Waals surface area contributed by atoms with Crippen LogP contribution in [-0.2, 0) is 48.9 Å². The summed E-state index contributed by atoms with van der Waals surface area (Å²) >= 11 is 23.0. The van der Waals surface area contributed by atoms with Gasteiger partial charge in [0.05, 0.1) is 13.2 Å². The number of hydrogen-bond donors (Lipinski definition) is 8. The van der Waals surface area contributed by atoms with Crippen molar-refractivity contribution in [3.8, 4) is 0 Å². The van der Waals surface area contributed by atoms with Gasteiger partial charge >= 0.3 is 0 Å². The highest BCUT2D eigenvalue weighted by atomic mass is 32.1. The molecule has 332 valence electrons. The Hall–Kier alpha value is -4.44. The summed E-state index contributed by atoms with van der Waals surface area (Å²) < 4.78 is 11.9. The number of unbranched alkanes of at least 4 members (excludes halogenated alkanes) is 2. The molecule has 0 spiro atoms. The molecule has 1 aliphatic rings. The van der Waals surface area contributed by atoms with Crippen molar-refractivity contribution < 1.29 is 9.47 Å². The zero-order valence-corrected chi connectivity index (χ0v) is 39.0. The molecule has 1 heterocycles. The van der Waals surface area contributed by atoms with Crippen molar-refractivity contribution >= 4 is 69.3 Å². The van der Waals surface area contributed by atoms with Gasteiger partial charge in [-0.2, -0.15) is 0 Å². The first-order chi connectivity index (χ1) is 30.4. The maximum atomic E-state index is 5.95. The topological polar surface area (TPSA) is 115 Å². The first-order valence-electron chi connectivity index (χ1n) is 21.8. The lowest BCUT2D eigenvalue weighted by Gasteiger charge is -2.21. The predicted octanol–water partition coefficient (Wildman–Crippen LogP) is 7.26. The van der Waals surface area contributed by atoms with Gasteiger partial charge < -0.3 is 52.0 Å². The van der Waals surface area contributed by atoms with E-state index in [1.807, 2.05) is 36.4 Å². The third-order valence-electron chi connectivity index (χ3n) is 10.5. The lowest BCUT2D eigenvalue weighted by atomic mass is 10.0. The molecule has 0 saturated carbocycles. The normalized spacial score (nSPS) is 17.5. The molecule has 14 heteroatoms. The number of thiocarbonyl (C=S) groups is 4. The average Bonchev–Trinajstić information content (AvgIpc) is 3.30. The molecule has 4 aromatic rings. The van der Waals surface area contributed by atoms with E-state index in [2.05, 4.69) is 115 Å². The highest BCUT2D eigenvalue weighted by molar-refractivity contribution is 7.80. The van der Waals surface area contributed by atoms with Gasteiger partial charge in [0.2, 0.25) is 0 Å². The molecule has 10 nitrogen and oxygen atoms in total. The number of ether oxygens (including phenoxy) is 2. The summed E-state index contributed by atoms with van der Waals surface area (Å²) in [5.41, 5.74) is 6.94. The lowest BCUT2D eigenvalue weighted by molar-refractivity contribution is 0.116. The van der Waals surface area contributed by atoms with E-state index >= 15 is 0 Å². The third kappa shape index (κ3) is 20.6. The Labute approximate surface area is 390 Å². The van der Waals surface area contributed by atoms with Crippen LogP contribution in [0.25, 0.3) is 0 Å². The minimum absolute atomic E-state index is 0.300. The molecular formula is C48H64N8O2S4. The predicted molar refractivity (Wildman–Crippen MR) is 270 cm³/mol. The van der Waals surface area contributed by atoms with Crippen molar-refractivity contribution in [1.29, 1.82) is 0 Å². The Bertz CT molecular complexity index is 1720. The van der Waals surface area contributed by atoms with Gasteiger partial charge in [-0.15, -0.1) is 0 Å². The molecule has 0 aromatic heterocycles. The van der Waals surface area contributed by atoms with Gasteiger partial charge in [-0.1, -0.05) is 122 Å². The number of benzene rings is 4. The highest BCUT2D eigenvalue weighted by Crippen LogP contribution is 2.12. The van der Waals surface area contributed by atoms with Crippen LogP contribution >= 0.6 is 48.9 Å². The molecule has 0 radical (unpaired) electrons. The largest absolute Gasteiger partial charge is 0.377 e. The summed E-state index contributed by atoms with van der Waals surface area (Å²) in [6.07, 6.45) is 6.05. The van der Waals surface area contributed by atoms with Gasteiger partial charge in [-0.3, -0.25) is 0 Å². The zero-order chi connectivity index (χ0) is 43.5. The smallest absolute Gasteiger partial charge is 0.166 e. The molecule has 0 fully saturated rings. The summed E-state index contributed by atoms with van der Waals surface area (Å²) in [6, 6.07) is 37.5. The number of fused-ring (bicyclic) bond motifs is 4. The summed E-state index contributed by atoms with van der Waals surface area (Å²) in [5, 5.41) is 30.0. The van der Waals surface area contributed by atoms with Crippen LogP contribution in [0.3, 0.4) is 0 Å². The van der Waals surface area contributed by atoms with Crippen molar-refractivity contribution in [2.45, 2.75) is 77.9 Å². The van der Waals surface area contributed by atoms with E-state index in [0.29, 0.717) is 71.7 Å². The minimum Gasteiger partial charge on any atom is -0.377 e. The maximum absolute atomic E-state index is 5.95. The van der Waals surface area contributed by atoms with Crippen LogP contribution in [0.2, 0.25) is 0 Å². The lowest BCUT2D eigenvalue weighted by Crippen LogP contribution is -2.43. The van der Waals surface area contributed by atoms with E-state index in [-0.39, 0.29) is 0 Å². The fourth-order valence-corrected chi connectivity index (χ4v) is 7.60. The van der Waals surface area contributed by atoms with Crippen molar-refractivity contribution in [2.24, 2.45) is 11.8 Å². The molecular weight excluding hydrogens is 849 g/mol. The quantitative estimate of drug-likeness (QED) is 0.0480. The molecule has 0 atom stereocenters. The Balaban J connectivity index is 1.15. The molecule has 0 aliphatic carbocycles.